The Morgan fingerprint density at radius 3 is 2.72 bits per heavy atom. The number of aryl methyl sites for hydroxylation is 1. The fourth-order valence-corrected chi connectivity index (χ4v) is 1.79. The lowest BCUT2D eigenvalue weighted by Gasteiger charge is -2.06. The van der Waals surface area contributed by atoms with Gasteiger partial charge >= 0.3 is 0 Å². The number of amides is 1. The van der Waals surface area contributed by atoms with Crippen molar-refractivity contribution in [3.8, 4) is 0 Å². The van der Waals surface area contributed by atoms with E-state index in [1.165, 1.54) is 6.20 Å². The highest BCUT2D eigenvalue weighted by molar-refractivity contribution is 6.34. The molecule has 0 atom stereocenters. The van der Waals surface area contributed by atoms with Crippen LogP contribution < -0.4 is 11.1 Å². The van der Waals surface area contributed by atoms with Crippen molar-refractivity contribution < 1.29 is 4.79 Å². The number of anilines is 2. The zero-order valence-electron chi connectivity index (χ0n) is 9.77. The van der Waals surface area contributed by atoms with Crippen molar-refractivity contribution in [2.45, 2.75) is 6.92 Å². The molecule has 0 spiro atoms. The molecule has 2 rings (SSSR count). The Labute approximate surface area is 110 Å². The Hall–Kier alpha value is -2.07. The Morgan fingerprint density at radius 2 is 2.11 bits per heavy atom. The third-order valence-corrected chi connectivity index (χ3v) is 2.71. The van der Waals surface area contributed by atoms with E-state index in [1.807, 2.05) is 13.0 Å². The van der Waals surface area contributed by atoms with Gasteiger partial charge in [0, 0.05) is 0 Å². The van der Waals surface area contributed by atoms with Crippen LogP contribution in [-0.2, 0) is 0 Å². The van der Waals surface area contributed by atoms with Crippen LogP contribution in [0.1, 0.15) is 15.9 Å². The Kier molecular flexibility index (Phi) is 3.48. The lowest BCUT2D eigenvalue weighted by Crippen LogP contribution is -2.13. The molecule has 92 valence electrons. The largest absolute Gasteiger partial charge is 0.397 e. The van der Waals surface area contributed by atoms with E-state index in [0.29, 0.717) is 22.1 Å². The van der Waals surface area contributed by atoms with E-state index in [4.69, 9.17) is 17.3 Å². The minimum Gasteiger partial charge on any atom is -0.397 e. The summed E-state index contributed by atoms with van der Waals surface area (Å²) in [5.41, 5.74) is 7.48. The van der Waals surface area contributed by atoms with Crippen molar-refractivity contribution >= 4 is 29.0 Å². The van der Waals surface area contributed by atoms with Crippen LogP contribution in [0, 0.1) is 6.92 Å². The van der Waals surface area contributed by atoms with Crippen molar-refractivity contribution in [3.05, 3.63) is 52.7 Å². The smallest absolute Gasteiger partial charge is 0.258 e. The van der Waals surface area contributed by atoms with Crippen molar-refractivity contribution in [3.63, 3.8) is 0 Å². The normalized spacial score (nSPS) is 10.1. The third kappa shape index (κ3) is 2.78. The van der Waals surface area contributed by atoms with Gasteiger partial charge in [-0.05, 0) is 36.8 Å². The van der Waals surface area contributed by atoms with Gasteiger partial charge in [0.2, 0.25) is 0 Å². The molecule has 3 N–H and O–H groups in total. The molecule has 2 aromatic rings. The van der Waals surface area contributed by atoms with Gasteiger partial charge < -0.3 is 11.1 Å². The van der Waals surface area contributed by atoms with E-state index in [-0.39, 0.29) is 5.91 Å². The van der Waals surface area contributed by atoms with Gasteiger partial charge in [0.1, 0.15) is 5.82 Å². The van der Waals surface area contributed by atoms with Gasteiger partial charge in [0.05, 0.1) is 22.5 Å². The van der Waals surface area contributed by atoms with Crippen LogP contribution in [0.25, 0.3) is 0 Å². The van der Waals surface area contributed by atoms with Crippen molar-refractivity contribution in [1.82, 2.24) is 4.98 Å². The molecule has 1 aromatic heterocycles. The number of hydrogen-bond donors (Lipinski definition) is 2. The molecule has 18 heavy (non-hydrogen) atoms. The van der Waals surface area contributed by atoms with Crippen LogP contribution in [-0.4, -0.2) is 10.9 Å². The first-order valence-corrected chi connectivity index (χ1v) is 5.73. The molecule has 0 unspecified atom stereocenters. The van der Waals surface area contributed by atoms with E-state index >= 15 is 0 Å². The van der Waals surface area contributed by atoms with Gasteiger partial charge in [-0.2, -0.15) is 0 Å². The van der Waals surface area contributed by atoms with Crippen LogP contribution in [0.4, 0.5) is 11.5 Å². The summed E-state index contributed by atoms with van der Waals surface area (Å²) in [4.78, 5) is 16.0. The number of halogens is 1. The summed E-state index contributed by atoms with van der Waals surface area (Å²) in [6, 6.07) is 8.56. The average molecular weight is 262 g/mol. The molecule has 0 aliphatic heterocycles. The number of hydrogen-bond acceptors (Lipinski definition) is 3. The van der Waals surface area contributed by atoms with E-state index in [1.54, 1.807) is 24.3 Å². The van der Waals surface area contributed by atoms with Gasteiger partial charge in [-0.15, -0.1) is 0 Å². The van der Waals surface area contributed by atoms with Gasteiger partial charge in [0.15, 0.2) is 0 Å². The number of nitrogens with two attached hydrogens (primary N) is 1. The monoisotopic (exact) mass is 261 g/mol. The first kappa shape index (κ1) is 12.4. The zero-order chi connectivity index (χ0) is 13.1. The third-order valence-electron chi connectivity index (χ3n) is 2.40. The lowest BCUT2D eigenvalue weighted by molar-refractivity contribution is 0.102. The summed E-state index contributed by atoms with van der Waals surface area (Å²) in [5, 5.41) is 3.08. The van der Waals surface area contributed by atoms with Crippen LogP contribution in [0.2, 0.25) is 5.02 Å². The molecule has 1 heterocycles. The number of benzene rings is 1. The molecule has 0 radical (unpaired) electrons. The number of pyridine rings is 1. The Morgan fingerprint density at radius 1 is 1.33 bits per heavy atom. The van der Waals surface area contributed by atoms with Crippen molar-refractivity contribution in [2.24, 2.45) is 0 Å². The minimum atomic E-state index is -0.294. The van der Waals surface area contributed by atoms with Gasteiger partial charge in [-0.25, -0.2) is 4.98 Å². The molecule has 1 aromatic carbocycles. The quantitative estimate of drug-likeness (QED) is 0.873. The number of nitrogen functional groups attached to an aromatic ring is 1. The molecule has 0 saturated carbocycles. The highest BCUT2D eigenvalue weighted by atomic mass is 35.5. The lowest BCUT2D eigenvalue weighted by atomic mass is 10.1. The first-order chi connectivity index (χ1) is 8.56. The minimum absolute atomic E-state index is 0.294. The highest BCUT2D eigenvalue weighted by Gasteiger charge is 2.10. The second kappa shape index (κ2) is 5.06. The molecular formula is C13H12ClN3O. The summed E-state index contributed by atoms with van der Waals surface area (Å²) in [6.45, 7) is 1.91. The van der Waals surface area contributed by atoms with Gasteiger partial charge in [0.25, 0.3) is 5.91 Å². The fourth-order valence-electron chi connectivity index (χ4n) is 1.47. The highest BCUT2D eigenvalue weighted by Crippen LogP contribution is 2.18. The summed E-state index contributed by atoms with van der Waals surface area (Å²) in [7, 11) is 0. The predicted octanol–water partition coefficient (Wildman–Crippen LogP) is 2.88. The number of carbonyl (C=O) groups is 1. The zero-order valence-corrected chi connectivity index (χ0v) is 10.5. The predicted molar refractivity (Wildman–Crippen MR) is 72.8 cm³/mol. The fraction of sp³-hybridized carbons (Fsp3) is 0.0769. The molecule has 5 heteroatoms. The van der Waals surface area contributed by atoms with E-state index in [0.717, 1.165) is 5.56 Å². The summed E-state index contributed by atoms with van der Waals surface area (Å²) < 4.78 is 0. The summed E-state index contributed by atoms with van der Waals surface area (Å²) in [5.74, 6) is 0.142. The number of rotatable bonds is 2. The molecule has 1 amide bonds. The maximum Gasteiger partial charge on any atom is 0.258 e. The van der Waals surface area contributed by atoms with E-state index < -0.39 is 0 Å². The summed E-state index contributed by atoms with van der Waals surface area (Å²) >= 11 is 6.01. The average Bonchev–Trinajstić information content (AvgIpc) is 2.32. The number of nitrogens with zero attached hydrogens (tertiary/aromatic N) is 1. The summed E-state index contributed by atoms with van der Waals surface area (Å²) in [6.07, 6.45) is 1.48. The van der Waals surface area contributed by atoms with Crippen LogP contribution in [0.15, 0.2) is 36.5 Å². The molecule has 0 bridgehead atoms. The molecule has 0 saturated heterocycles. The topological polar surface area (TPSA) is 68.0 Å². The van der Waals surface area contributed by atoms with Crippen molar-refractivity contribution in [2.75, 3.05) is 11.1 Å². The molecule has 0 fully saturated rings. The van der Waals surface area contributed by atoms with E-state index in [2.05, 4.69) is 10.3 Å². The first-order valence-electron chi connectivity index (χ1n) is 5.35. The van der Waals surface area contributed by atoms with Gasteiger partial charge in [-0.3, -0.25) is 4.79 Å². The van der Waals surface area contributed by atoms with E-state index in [9.17, 15) is 4.79 Å². The maximum atomic E-state index is 12.0. The van der Waals surface area contributed by atoms with Gasteiger partial charge in [-0.1, -0.05) is 17.7 Å². The van der Waals surface area contributed by atoms with Crippen LogP contribution in [0.5, 0.6) is 0 Å². The number of carbonyl (C=O) groups excluding carboxylic acids is 1. The number of aromatic nitrogens is 1. The second-order valence-corrected chi connectivity index (χ2v) is 4.32. The Bertz CT molecular complexity index is 581. The second-order valence-electron chi connectivity index (χ2n) is 3.91. The maximum absolute atomic E-state index is 12.0. The molecular weight excluding hydrogens is 250 g/mol. The SMILES string of the molecule is Cc1ccc(C(=O)Nc2ccc(N)cn2)c(Cl)c1. The Balaban J connectivity index is 2.19. The standard InChI is InChI=1S/C13H12ClN3O/c1-8-2-4-10(11(14)6-8)13(18)17-12-5-3-9(15)7-16-12/h2-7H,15H2,1H3,(H,16,17,18). The molecule has 0 aliphatic rings. The molecule has 4 nitrogen and oxygen atoms in total. The number of nitrogens with one attached hydrogen (secondary N) is 1. The van der Waals surface area contributed by atoms with Crippen LogP contribution >= 0.6 is 11.6 Å². The van der Waals surface area contributed by atoms with Crippen molar-refractivity contribution in [1.29, 1.82) is 0 Å². The molecule has 0 aliphatic carbocycles. The van der Waals surface area contributed by atoms with Crippen LogP contribution in [0.3, 0.4) is 0 Å².